The zero-order valence-electron chi connectivity index (χ0n) is 11.9. The molecule has 1 aromatic heterocycles. The number of allylic oxidation sites excluding steroid dienone is 2. The molecular weight excluding hydrogens is 246 g/mol. The first-order valence-corrected chi connectivity index (χ1v) is 7.33. The Morgan fingerprint density at radius 3 is 2.70 bits per heavy atom. The maximum absolute atomic E-state index is 12.3. The summed E-state index contributed by atoms with van der Waals surface area (Å²) in [4.78, 5) is 16.8. The van der Waals surface area contributed by atoms with Crippen LogP contribution in [-0.4, -0.2) is 10.8 Å². The molecule has 0 spiro atoms. The van der Waals surface area contributed by atoms with Crippen molar-refractivity contribution in [2.75, 3.05) is 0 Å². The minimum atomic E-state index is 0.129. The van der Waals surface area contributed by atoms with Crippen LogP contribution in [0.2, 0.25) is 0 Å². The van der Waals surface area contributed by atoms with Crippen molar-refractivity contribution in [3.05, 3.63) is 53.2 Å². The minimum absolute atomic E-state index is 0.129. The summed E-state index contributed by atoms with van der Waals surface area (Å²) >= 11 is 0. The maximum atomic E-state index is 12.3. The highest BCUT2D eigenvalue weighted by molar-refractivity contribution is 6.06. The molecule has 1 aromatic carbocycles. The lowest BCUT2D eigenvalue weighted by molar-refractivity contribution is 0.104. The van der Waals surface area contributed by atoms with E-state index in [2.05, 4.69) is 4.98 Å². The lowest BCUT2D eigenvalue weighted by Gasteiger charge is -2.12. The van der Waals surface area contributed by atoms with Crippen LogP contribution in [0.4, 0.5) is 0 Å². The molecule has 3 rings (SSSR count). The van der Waals surface area contributed by atoms with Gasteiger partial charge in [-0.1, -0.05) is 18.1 Å². The van der Waals surface area contributed by atoms with E-state index in [9.17, 15) is 4.79 Å². The second kappa shape index (κ2) is 5.58. The normalized spacial score (nSPS) is 15.3. The highest BCUT2D eigenvalue weighted by Gasteiger charge is 2.09. The van der Waals surface area contributed by atoms with Crippen molar-refractivity contribution in [1.29, 1.82) is 0 Å². The van der Waals surface area contributed by atoms with Gasteiger partial charge in [-0.05, 0) is 62.9 Å². The Morgan fingerprint density at radius 2 is 1.90 bits per heavy atom. The fourth-order valence-electron chi connectivity index (χ4n) is 2.80. The number of nitrogens with zero attached hydrogens (tertiary/aromatic N) is 1. The Hall–Kier alpha value is -1.96. The molecule has 1 aliphatic carbocycles. The zero-order chi connectivity index (χ0) is 13.9. The van der Waals surface area contributed by atoms with Gasteiger partial charge >= 0.3 is 0 Å². The predicted octanol–water partition coefficient (Wildman–Crippen LogP) is 4.62. The second-order valence-corrected chi connectivity index (χ2v) is 5.59. The Labute approximate surface area is 119 Å². The van der Waals surface area contributed by atoms with E-state index < -0.39 is 0 Å². The van der Waals surface area contributed by atoms with Crippen LogP contribution in [0.15, 0.2) is 42.0 Å². The number of rotatable bonds is 2. The third kappa shape index (κ3) is 2.79. The van der Waals surface area contributed by atoms with Crippen molar-refractivity contribution in [3.63, 3.8) is 0 Å². The molecule has 0 unspecified atom stereocenters. The molecule has 0 atom stereocenters. The van der Waals surface area contributed by atoms with Crippen LogP contribution < -0.4 is 0 Å². The van der Waals surface area contributed by atoms with E-state index in [1.54, 1.807) is 0 Å². The van der Waals surface area contributed by atoms with Crippen molar-refractivity contribution in [2.24, 2.45) is 0 Å². The molecule has 1 saturated carbocycles. The quantitative estimate of drug-likeness (QED) is 0.586. The summed E-state index contributed by atoms with van der Waals surface area (Å²) in [7, 11) is 0. The van der Waals surface area contributed by atoms with Crippen LogP contribution in [0.3, 0.4) is 0 Å². The van der Waals surface area contributed by atoms with Crippen LogP contribution in [0.5, 0.6) is 0 Å². The molecule has 2 aromatic rings. The number of pyridine rings is 1. The van der Waals surface area contributed by atoms with Gasteiger partial charge in [-0.15, -0.1) is 0 Å². The SMILES string of the molecule is Cc1ccc2cc(C(=O)C=C3CCCCC3)ccc2n1. The Kier molecular flexibility index (Phi) is 3.64. The summed E-state index contributed by atoms with van der Waals surface area (Å²) in [5, 5.41) is 1.03. The minimum Gasteiger partial charge on any atom is -0.289 e. The molecule has 2 heteroatoms. The standard InChI is InChI=1S/C18H19NO/c1-13-7-8-15-12-16(9-10-17(15)19-13)18(20)11-14-5-3-2-4-6-14/h7-12H,2-6H2,1H3. The number of hydrogen-bond acceptors (Lipinski definition) is 2. The van der Waals surface area contributed by atoms with Gasteiger partial charge in [-0.25, -0.2) is 0 Å². The van der Waals surface area contributed by atoms with Crippen molar-refractivity contribution >= 4 is 16.7 Å². The van der Waals surface area contributed by atoms with E-state index in [0.29, 0.717) is 0 Å². The number of benzene rings is 1. The zero-order valence-corrected chi connectivity index (χ0v) is 11.9. The van der Waals surface area contributed by atoms with Gasteiger partial charge < -0.3 is 0 Å². The molecule has 2 nitrogen and oxygen atoms in total. The van der Waals surface area contributed by atoms with Gasteiger partial charge in [0, 0.05) is 16.6 Å². The predicted molar refractivity (Wildman–Crippen MR) is 82.0 cm³/mol. The highest BCUT2D eigenvalue weighted by Crippen LogP contribution is 2.23. The van der Waals surface area contributed by atoms with E-state index in [1.807, 2.05) is 43.3 Å². The van der Waals surface area contributed by atoms with E-state index in [-0.39, 0.29) is 5.78 Å². The van der Waals surface area contributed by atoms with Gasteiger partial charge in [-0.2, -0.15) is 0 Å². The fraction of sp³-hybridized carbons (Fsp3) is 0.333. The maximum Gasteiger partial charge on any atom is 0.185 e. The number of aryl methyl sites for hydroxylation is 1. The van der Waals surface area contributed by atoms with Gasteiger partial charge in [0.2, 0.25) is 0 Å². The lowest BCUT2D eigenvalue weighted by Crippen LogP contribution is -2.00. The topological polar surface area (TPSA) is 30.0 Å². The number of ketones is 1. The van der Waals surface area contributed by atoms with Gasteiger partial charge in [-0.3, -0.25) is 9.78 Å². The molecule has 0 saturated heterocycles. The van der Waals surface area contributed by atoms with Crippen molar-refractivity contribution < 1.29 is 4.79 Å². The van der Waals surface area contributed by atoms with Crippen LogP contribution in [-0.2, 0) is 0 Å². The highest BCUT2D eigenvalue weighted by atomic mass is 16.1. The molecule has 0 bridgehead atoms. The third-order valence-corrected chi connectivity index (χ3v) is 3.94. The van der Waals surface area contributed by atoms with Crippen LogP contribution in [0, 0.1) is 6.92 Å². The number of carbonyl (C=O) groups is 1. The second-order valence-electron chi connectivity index (χ2n) is 5.59. The first-order chi connectivity index (χ1) is 9.72. The molecule has 0 aliphatic heterocycles. The van der Waals surface area contributed by atoms with E-state index in [4.69, 9.17) is 0 Å². The van der Waals surface area contributed by atoms with Crippen LogP contribution in [0.25, 0.3) is 10.9 Å². The third-order valence-electron chi connectivity index (χ3n) is 3.94. The van der Waals surface area contributed by atoms with E-state index in [0.717, 1.165) is 35.0 Å². The molecule has 0 amide bonds. The Morgan fingerprint density at radius 1 is 1.10 bits per heavy atom. The monoisotopic (exact) mass is 265 g/mol. The summed E-state index contributed by atoms with van der Waals surface area (Å²) < 4.78 is 0. The van der Waals surface area contributed by atoms with Gasteiger partial charge in [0.25, 0.3) is 0 Å². The van der Waals surface area contributed by atoms with Gasteiger partial charge in [0.15, 0.2) is 5.78 Å². The first kappa shape index (κ1) is 13.0. The van der Waals surface area contributed by atoms with Crippen LogP contribution in [0.1, 0.15) is 48.2 Å². The van der Waals surface area contributed by atoms with E-state index in [1.165, 1.54) is 24.8 Å². The molecule has 0 radical (unpaired) electrons. The van der Waals surface area contributed by atoms with Crippen LogP contribution >= 0.6 is 0 Å². The molecular formula is C18H19NO. The summed E-state index contributed by atoms with van der Waals surface area (Å²) in [6.07, 6.45) is 7.76. The Balaban J connectivity index is 1.89. The average molecular weight is 265 g/mol. The number of hydrogen-bond donors (Lipinski definition) is 0. The first-order valence-electron chi connectivity index (χ1n) is 7.33. The largest absolute Gasteiger partial charge is 0.289 e. The molecule has 20 heavy (non-hydrogen) atoms. The van der Waals surface area contributed by atoms with Crippen molar-refractivity contribution in [1.82, 2.24) is 4.98 Å². The summed E-state index contributed by atoms with van der Waals surface area (Å²) in [5.41, 5.74) is 4.03. The fourth-order valence-corrected chi connectivity index (χ4v) is 2.80. The summed E-state index contributed by atoms with van der Waals surface area (Å²) in [6.45, 7) is 1.98. The van der Waals surface area contributed by atoms with Crippen molar-refractivity contribution in [2.45, 2.75) is 39.0 Å². The van der Waals surface area contributed by atoms with Gasteiger partial charge in [0.05, 0.1) is 5.52 Å². The number of fused-ring (bicyclic) bond motifs is 1. The lowest BCUT2D eigenvalue weighted by atomic mass is 9.93. The Bertz CT molecular complexity index is 677. The molecule has 0 N–H and O–H groups in total. The molecule has 1 aliphatic rings. The summed E-state index contributed by atoms with van der Waals surface area (Å²) in [6, 6.07) is 9.79. The number of carbonyl (C=O) groups excluding carboxylic acids is 1. The number of aromatic nitrogens is 1. The van der Waals surface area contributed by atoms with E-state index >= 15 is 0 Å². The molecule has 1 heterocycles. The van der Waals surface area contributed by atoms with Crippen molar-refractivity contribution in [3.8, 4) is 0 Å². The smallest absolute Gasteiger partial charge is 0.185 e. The van der Waals surface area contributed by atoms with Gasteiger partial charge in [0.1, 0.15) is 0 Å². The molecule has 1 fully saturated rings. The average Bonchev–Trinajstić information content (AvgIpc) is 2.47. The summed E-state index contributed by atoms with van der Waals surface area (Å²) in [5.74, 6) is 0.129. The molecule has 102 valence electrons.